The Balaban J connectivity index is 1.79. The van der Waals surface area contributed by atoms with Gasteiger partial charge >= 0.3 is 0 Å². The van der Waals surface area contributed by atoms with Gasteiger partial charge in [-0.15, -0.1) is 0 Å². The van der Waals surface area contributed by atoms with Crippen molar-refractivity contribution in [3.05, 3.63) is 130 Å². The average molecular weight is 681 g/mol. The number of amides is 2. The van der Waals surface area contributed by atoms with Crippen molar-refractivity contribution in [3.8, 4) is 0 Å². The van der Waals surface area contributed by atoms with Crippen LogP contribution in [-0.4, -0.2) is 43.8 Å². The molecule has 44 heavy (non-hydrogen) atoms. The summed E-state index contributed by atoms with van der Waals surface area (Å²) < 4.78 is 43.5. The van der Waals surface area contributed by atoms with E-state index in [1.165, 1.54) is 17.0 Å². The number of aryl methyl sites for hydroxylation is 1. The molecular formula is C34H35BrFN3O4S. The Kier molecular flexibility index (Phi) is 10.9. The molecule has 10 heteroatoms. The van der Waals surface area contributed by atoms with E-state index in [1.807, 2.05) is 75.4 Å². The molecule has 0 spiro atoms. The minimum Gasteiger partial charge on any atom is -0.352 e. The van der Waals surface area contributed by atoms with Crippen LogP contribution in [0, 0.1) is 12.7 Å². The van der Waals surface area contributed by atoms with Gasteiger partial charge in [0.2, 0.25) is 11.8 Å². The van der Waals surface area contributed by atoms with E-state index in [0.717, 1.165) is 37.6 Å². The van der Waals surface area contributed by atoms with E-state index in [9.17, 15) is 22.4 Å². The molecule has 1 atom stereocenters. The average Bonchev–Trinajstić information content (AvgIpc) is 2.99. The van der Waals surface area contributed by atoms with Crippen LogP contribution >= 0.6 is 15.9 Å². The summed E-state index contributed by atoms with van der Waals surface area (Å²) in [5.41, 5.74) is 2.78. The summed E-state index contributed by atoms with van der Waals surface area (Å²) in [6.45, 7) is 5.03. The monoisotopic (exact) mass is 679 g/mol. The van der Waals surface area contributed by atoms with E-state index in [4.69, 9.17) is 0 Å². The molecule has 0 fully saturated rings. The Hall–Kier alpha value is -4.02. The van der Waals surface area contributed by atoms with Gasteiger partial charge in [0, 0.05) is 23.5 Å². The number of halogens is 2. The molecule has 0 saturated carbocycles. The second-order valence-corrected chi connectivity index (χ2v) is 13.6. The summed E-state index contributed by atoms with van der Waals surface area (Å²) in [6.07, 6.45) is 0.219. The third kappa shape index (κ3) is 8.54. The second kappa shape index (κ2) is 14.6. The number of benzene rings is 4. The molecule has 0 saturated heterocycles. The molecule has 0 unspecified atom stereocenters. The Morgan fingerprint density at radius 3 is 2.05 bits per heavy atom. The molecule has 0 bridgehead atoms. The van der Waals surface area contributed by atoms with Crippen molar-refractivity contribution in [3.63, 3.8) is 0 Å². The van der Waals surface area contributed by atoms with Crippen LogP contribution in [0.15, 0.2) is 112 Å². The first-order chi connectivity index (χ1) is 20.9. The number of carbonyl (C=O) groups is 2. The number of nitrogens with one attached hydrogen (secondary N) is 1. The standard InChI is InChI=1S/C34H35BrFN3O4S/c1-24(2)37-34(41)32(21-26-7-5-4-6-8-26)38(22-27-11-13-28(35)14-12-27)33(40)23-39(30-17-9-25(3)10-18-30)44(42,43)31-19-15-29(36)16-20-31/h4-20,24,32H,21-23H2,1-3H3,(H,37,41)/t32-/m1/s1. The lowest BCUT2D eigenvalue weighted by molar-refractivity contribution is -0.140. The van der Waals surface area contributed by atoms with E-state index < -0.39 is 34.3 Å². The van der Waals surface area contributed by atoms with Gasteiger partial charge in [0.05, 0.1) is 10.6 Å². The minimum atomic E-state index is -4.30. The zero-order valence-electron chi connectivity index (χ0n) is 24.8. The predicted octanol–water partition coefficient (Wildman–Crippen LogP) is 6.26. The summed E-state index contributed by atoms with van der Waals surface area (Å²) >= 11 is 3.43. The zero-order chi connectivity index (χ0) is 31.9. The van der Waals surface area contributed by atoms with Crippen LogP contribution in [0.5, 0.6) is 0 Å². The van der Waals surface area contributed by atoms with Crippen molar-refractivity contribution in [2.45, 2.75) is 50.7 Å². The SMILES string of the molecule is Cc1ccc(N(CC(=O)N(Cc2ccc(Br)cc2)[C@H](Cc2ccccc2)C(=O)NC(C)C)S(=O)(=O)c2ccc(F)cc2)cc1. The van der Waals surface area contributed by atoms with Gasteiger partial charge in [-0.05, 0) is 80.4 Å². The maximum Gasteiger partial charge on any atom is 0.264 e. The number of nitrogens with zero attached hydrogens (tertiary/aromatic N) is 2. The zero-order valence-corrected chi connectivity index (χ0v) is 27.2. The summed E-state index contributed by atoms with van der Waals surface area (Å²) in [5.74, 6) is -1.50. The lowest BCUT2D eigenvalue weighted by Gasteiger charge is -2.34. The highest BCUT2D eigenvalue weighted by Crippen LogP contribution is 2.26. The largest absolute Gasteiger partial charge is 0.352 e. The first-order valence-corrected chi connectivity index (χ1v) is 16.4. The van der Waals surface area contributed by atoms with Crippen molar-refractivity contribution in [2.75, 3.05) is 10.8 Å². The highest BCUT2D eigenvalue weighted by atomic mass is 79.9. The Morgan fingerprint density at radius 1 is 0.841 bits per heavy atom. The van der Waals surface area contributed by atoms with Crippen molar-refractivity contribution in [1.82, 2.24) is 10.2 Å². The third-order valence-corrected chi connectivity index (χ3v) is 9.29. The Bertz CT molecular complexity index is 1660. The van der Waals surface area contributed by atoms with E-state index in [-0.39, 0.29) is 35.5 Å². The molecule has 2 amide bonds. The fraction of sp³-hybridized carbons (Fsp3) is 0.235. The fourth-order valence-electron chi connectivity index (χ4n) is 4.69. The van der Waals surface area contributed by atoms with E-state index in [0.29, 0.717) is 0 Å². The first-order valence-electron chi connectivity index (χ1n) is 14.2. The molecule has 7 nitrogen and oxygen atoms in total. The van der Waals surface area contributed by atoms with E-state index in [1.54, 1.807) is 24.3 Å². The maximum absolute atomic E-state index is 14.4. The van der Waals surface area contributed by atoms with Gasteiger partial charge in [-0.1, -0.05) is 76.1 Å². The van der Waals surface area contributed by atoms with Gasteiger partial charge in [0.15, 0.2) is 0 Å². The van der Waals surface area contributed by atoms with Gasteiger partial charge in [-0.25, -0.2) is 12.8 Å². The normalized spacial score (nSPS) is 12.0. The lowest BCUT2D eigenvalue weighted by atomic mass is 10.0. The van der Waals surface area contributed by atoms with Crippen molar-refractivity contribution in [2.24, 2.45) is 0 Å². The molecule has 4 aromatic rings. The van der Waals surface area contributed by atoms with Crippen molar-refractivity contribution < 1.29 is 22.4 Å². The molecular weight excluding hydrogens is 645 g/mol. The third-order valence-electron chi connectivity index (χ3n) is 6.97. The van der Waals surface area contributed by atoms with Crippen molar-refractivity contribution >= 4 is 43.5 Å². The van der Waals surface area contributed by atoms with Gasteiger partial charge in [-0.2, -0.15) is 0 Å². The predicted molar refractivity (Wildman–Crippen MR) is 174 cm³/mol. The lowest BCUT2D eigenvalue weighted by Crippen LogP contribution is -2.54. The number of sulfonamides is 1. The Labute approximate surface area is 266 Å². The van der Waals surface area contributed by atoms with Gasteiger partial charge in [0.25, 0.3) is 10.0 Å². The van der Waals surface area contributed by atoms with Crippen molar-refractivity contribution in [1.29, 1.82) is 0 Å². The smallest absolute Gasteiger partial charge is 0.264 e. The number of anilines is 1. The first kappa shape index (κ1) is 32.9. The molecule has 0 heterocycles. The van der Waals surface area contributed by atoms with Gasteiger partial charge < -0.3 is 10.2 Å². The molecule has 0 aliphatic rings. The highest BCUT2D eigenvalue weighted by molar-refractivity contribution is 9.10. The van der Waals surface area contributed by atoms with Gasteiger partial charge in [0.1, 0.15) is 18.4 Å². The molecule has 0 aliphatic heterocycles. The quantitative estimate of drug-likeness (QED) is 0.192. The van der Waals surface area contributed by atoms with E-state index >= 15 is 0 Å². The summed E-state index contributed by atoms with van der Waals surface area (Å²) in [5, 5.41) is 2.94. The molecule has 0 radical (unpaired) electrons. The van der Waals surface area contributed by atoms with Crippen LogP contribution in [0.4, 0.5) is 10.1 Å². The maximum atomic E-state index is 14.4. The molecule has 1 N–H and O–H groups in total. The van der Waals surface area contributed by atoms with Crippen LogP contribution in [-0.2, 0) is 32.6 Å². The summed E-state index contributed by atoms with van der Waals surface area (Å²) in [7, 11) is -4.30. The molecule has 4 rings (SSSR count). The highest BCUT2D eigenvalue weighted by Gasteiger charge is 2.34. The molecule has 0 aromatic heterocycles. The van der Waals surface area contributed by atoms with Crippen LogP contribution in [0.3, 0.4) is 0 Å². The summed E-state index contributed by atoms with van der Waals surface area (Å²) in [4.78, 5) is 29.4. The number of carbonyl (C=O) groups excluding carboxylic acids is 2. The van der Waals surface area contributed by atoms with Crippen LogP contribution in [0.25, 0.3) is 0 Å². The molecule has 4 aromatic carbocycles. The summed E-state index contributed by atoms with van der Waals surface area (Å²) in [6, 6.07) is 26.8. The molecule has 0 aliphatic carbocycles. The topological polar surface area (TPSA) is 86.8 Å². The fourth-order valence-corrected chi connectivity index (χ4v) is 6.37. The van der Waals surface area contributed by atoms with E-state index in [2.05, 4.69) is 21.2 Å². The van der Waals surface area contributed by atoms with Gasteiger partial charge in [-0.3, -0.25) is 13.9 Å². The Morgan fingerprint density at radius 2 is 1.45 bits per heavy atom. The number of hydrogen-bond acceptors (Lipinski definition) is 4. The molecule has 230 valence electrons. The second-order valence-electron chi connectivity index (χ2n) is 10.8. The number of hydrogen-bond donors (Lipinski definition) is 1. The van der Waals surface area contributed by atoms with Crippen LogP contribution in [0.1, 0.15) is 30.5 Å². The minimum absolute atomic E-state index is 0.0630. The van der Waals surface area contributed by atoms with Crippen LogP contribution < -0.4 is 9.62 Å². The number of rotatable bonds is 12. The van der Waals surface area contributed by atoms with Crippen LogP contribution in [0.2, 0.25) is 0 Å².